The monoisotopic (exact) mass is 322 g/mol. The van der Waals surface area contributed by atoms with Crippen LogP contribution in [-0.2, 0) is 0 Å². The summed E-state index contributed by atoms with van der Waals surface area (Å²) >= 11 is 6.05. The topological polar surface area (TPSA) is 53.6 Å². The predicted octanol–water partition coefficient (Wildman–Crippen LogP) is 5.12. The molecule has 0 unspecified atom stereocenters. The molecule has 5 heteroatoms. The molecule has 2 aromatic heterocycles. The fraction of sp³-hybridized carbons (Fsp3) is 0.111. The molecule has 0 saturated carbocycles. The molecule has 4 rings (SSSR count). The van der Waals surface area contributed by atoms with Crippen molar-refractivity contribution in [1.29, 1.82) is 0 Å². The van der Waals surface area contributed by atoms with E-state index < -0.39 is 0 Å². The number of aryl methyl sites for hydroxylation is 2. The Bertz CT molecular complexity index is 1040. The van der Waals surface area contributed by atoms with Crippen LogP contribution in [0.4, 0.5) is 11.4 Å². The summed E-state index contributed by atoms with van der Waals surface area (Å²) in [5, 5.41) is 5.30. The smallest absolute Gasteiger partial charge is 0.116 e. The third kappa shape index (κ3) is 2.41. The molecule has 0 aliphatic carbocycles. The molecule has 114 valence electrons. The lowest BCUT2D eigenvalue weighted by Crippen LogP contribution is -1.97. The Balaban J connectivity index is 1.96. The van der Waals surface area contributed by atoms with Gasteiger partial charge in [-0.15, -0.1) is 0 Å². The SMILES string of the molecule is Cc1cc(Nc2ccc(Cl)cc2C)c2c(ccc3ncnc32)[nH]1. The number of halogens is 1. The average molecular weight is 323 g/mol. The fourth-order valence-electron chi connectivity index (χ4n) is 2.89. The number of pyridine rings is 1. The average Bonchev–Trinajstić information content (AvgIpc) is 2.98. The molecule has 0 aliphatic rings. The Kier molecular flexibility index (Phi) is 3.20. The summed E-state index contributed by atoms with van der Waals surface area (Å²) in [6.07, 6.45) is 1.60. The number of benzene rings is 2. The van der Waals surface area contributed by atoms with Gasteiger partial charge in [0.05, 0.1) is 11.2 Å². The number of anilines is 2. The van der Waals surface area contributed by atoms with Gasteiger partial charge in [-0.05, 0) is 55.8 Å². The van der Waals surface area contributed by atoms with Gasteiger partial charge in [0.2, 0.25) is 0 Å². The molecule has 2 heterocycles. The number of rotatable bonds is 2. The molecule has 0 aliphatic heterocycles. The van der Waals surface area contributed by atoms with Gasteiger partial charge in [-0.3, -0.25) is 0 Å². The quantitative estimate of drug-likeness (QED) is 0.538. The van der Waals surface area contributed by atoms with E-state index in [4.69, 9.17) is 11.6 Å². The van der Waals surface area contributed by atoms with Crippen LogP contribution in [0.15, 0.2) is 42.7 Å². The van der Waals surface area contributed by atoms with Crippen molar-refractivity contribution in [1.82, 2.24) is 15.0 Å². The van der Waals surface area contributed by atoms with Crippen molar-refractivity contribution < 1.29 is 0 Å². The van der Waals surface area contributed by atoms with Crippen LogP contribution in [0, 0.1) is 13.8 Å². The second-order valence-electron chi connectivity index (χ2n) is 5.68. The van der Waals surface area contributed by atoms with Crippen molar-refractivity contribution in [2.45, 2.75) is 13.8 Å². The number of fused-ring (bicyclic) bond motifs is 3. The molecular formula is C18H15ClN4. The van der Waals surface area contributed by atoms with E-state index in [9.17, 15) is 0 Å². The van der Waals surface area contributed by atoms with Gasteiger partial charge in [0.15, 0.2) is 0 Å². The molecule has 0 fully saturated rings. The van der Waals surface area contributed by atoms with Crippen LogP contribution in [0.25, 0.3) is 21.9 Å². The highest BCUT2D eigenvalue weighted by Crippen LogP contribution is 2.32. The first-order chi connectivity index (χ1) is 11.1. The zero-order chi connectivity index (χ0) is 16.0. The van der Waals surface area contributed by atoms with Gasteiger partial charge in [0, 0.05) is 27.3 Å². The van der Waals surface area contributed by atoms with E-state index in [2.05, 4.69) is 26.3 Å². The van der Waals surface area contributed by atoms with Gasteiger partial charge in [0.1, 0.15) is 11.8 Å². The summed E-state index contributed by atoms with van der Waals surface area (Å²) < 4.78 is 0. The van der Waals surface area contributed by atoms with Gasteiger partial charge < -0.3 is 10.3 Å². The van der Waals surface area contributed by atoms with E-state index in [0.717, 1.165) is 49.6 Å². The van der Waals surface area contributed by atoms with Crippen LogP contribution in [0.3, 0.4) is 0 Å². The Morgan fingerprint density at radius 3 is 2.70 bits per heavy atom. The van der Waals surface area contributed by atoms with Crippen molar-refractivity contribution in [3.8, 4) is 0 Å². The lowest BCUT2D eigenvalue weighted by atomic mass is 10.1. The standard InChI is InChI=1S/C18H15ClN4/c1-10-7-12(19)3-4-13(10)23-16-8-11(2)22-14-5-6-15-18(17(14)16)21-9-20-15/h3-9,22-23H,1-2H3. The first-order valence-electron chi connectivity index (χ1n) is 7.38. The van der Waals surface area contributed by atoms with Gasteiger partial charge >= 0.3 is 0 Å². The van der Waals surface area contributed by atoms with Gasteiger partial charge in [-0.2, -0.15) is 0 Å². The number of H-pyrrole nitrogens is 1. The van der Waals surface area contributed by atoms with E-state index in [-0.39, 0.29) is 0 Å². The van der Waals surface area contributed by atoms with E-state index >= 15 is 0 Å². The second kappa shape index (κ2) is 5.25. The zero-order valence-electron chi connectivity index (χ0n) is 12.8. The molecule has 0 saturated heterocycles. The van der Waals surface area contributed by atoms with E-state index in [1.54, 1.807) is 6.33 Å². The Morgan fingerprint density at radius 2 is 1.87 bits per heavy atom. The maximum Gasteiger partial charge on any atom is 0.116 e. The van der Waals surface area contributed by atoms with E-state index in [1.807, 2.05) is 44.2 Å². The highest BCUT2D eigenvalue weighted by atomic mass is 35.5. The molecule has 0 radical (unpaired) electrons. The first-order valence-corrected chi connectivity index (χ1v) is 7.76. The number of aromatic amines is 1. The van der Waals surface area contributed by atoms with Crippen molar-refractivity contribution in [3.05, 3.63) is 59.0 Å². The zero-order valence-corrected chi connectivity index (χ0v) is 13.6. The van der Waals surface area contributed by atoms with Crippen LogP contribution in [0.1, 0.15) is 11.3 Å². The maximum atomic E-state index is 6.05. The molecule has 0 atom stereocenters. The molecule has 0 bridgehead atoms. The number of hydrogen-bond acceptors (Lipinski definition) is 3. The van der Waals surface area contributed by atoms with E-state index in [0.29, 0.717) is 0 Å². The highest BCUT2D eigenvalue weighted by Gasteiger charge is 2.11. The minimum atomic E-state index is 0.736. The van der Waals surface area contributed by atoms with Crippen LogP contribution < -0.4 is 5.32 Å². The largest absolute Gasteiger partial charge is 0.358 e. The summed E-state index contributed by atoms with van der Waals surface area (Å²) in [4.78, 5) is 12.1. The van der Waals surface area contributed by atoms with Crippen molar-refractivity contribution in [3.63, 3.8) is 0 Å². The van der Waals surface area contributed by atoms with E-state index in [1.165, 1.54) is 0 Å². The first kappa shape index (κ1) is 14.0. The normalized spacial score (nSPS) is 11.3. The minimum absolute atomic E-state index is 0.736. The lowest BCUT2D eigenvalue weighted by molar-refractivity contribution is 1.25. The molecule has 4 nitrogen and oxygen atoms in total. The second-order valence-corrected chi connectivity index (χ2v) is 6.12. The molecule has 2 N–H and O–H groups in total. The third-order valence-corrected chi connectivity index (χ3v) is 4.20. The molecule has 23 heavy (non-hydrogen) atoms. The predicted molar refractivity (Wildman–Crippen MR) is 95.6 cm³/mol. The third-order valence-electron chi connectivity index (χ3n) is 3.96. The number of nitrogens with one attached hydrogen (secondary N) is 2. The molecule has 2 aromatic carbocycles. The molecular weight excluding hydrogens is 308 g/mol. The number of aromatic nitrogens is 3. The fourth-order valence-corrected chi connectivity index (χ4v) is 3.12. The van der Waals surface area contributed by atoms with Crippen molar-refractivity contribution >= 4 is 44.9 Å². The van der Waals surface area contributed by atoms with Gasteiger partial charge in [-0.25, -0.2) is 9.97 Å². The summed E-state index contributed by atoms with van der Waals surface area (Å²) in [6, 6.07) is 11.9. The van der Waals surface area contributed by atoms with Gasteiger partial charge in [-0.1, -0.05) is 11.6 Å². The number of hydrogen-bond donors (Lipinski definition) is 2. The van der Waals surface area contributed by atoms with Crippen LogP contribution in [-0.4, -0.2) is 15.0 Å². The molecule has 0 spiro atoms. The Hall–Kier alpha value is -2.59. The Labute approximate surface area is 138 Å². The van der Waals surface area contributed by atoms with Gasteiger partial charge in [0.25, 0.3) is 0 Å². The maximum absolute atomic E-state index is 6.05. The number of imidazole rings is 1. The molecule has 0 amide bonds. The van der Waals surface area contributed by atoms with Crippen molar-refractivity contribution in [2.24, 2.45) is 0 Å². The summed E-state index contributed by atoms with van der Waals surface area (Å²) in [5.74, 6) is 0. The Morgan fingerprint density at radius 1 is 1.00 bits per heavy atom. The summed E-state index contributed by atoms with van der Waals surface area (Å²) in [6.45, 7) is 4.08. The minimum Gasteiger partial charge on any atom is -0.358 e. The molecule has 4 aromatic rings. The number of nitrogens with zero attached hydrogens (tertiary/aromatic N) is 2. The van der Waals surface area contributed by atoms with Crippen LogP contribution in [0.2, 0.25) is 5.02 Å². The highest BCUT2D eigenvalue weighted by molar-refractivity contribution is 6.30. The summed E-state index contributed by atoms with van der Waals surface area (Å²) in [5.41, 5.74) is 7.03. The van der Waals surface area contributed by atoms with Crippen LogP contribution in [0.5, 0.6) is 0 Å². The van der Waals surface area contributed by atoms with Crippen molar-refractivity contribution in [2.75, 3.05) is 5.32 Å². The summed E-state index contributed by atoms with van der Waals surface area (Å²) in [7, 11) is 0. The van der Waals surface area contributed by atoms with Crippen LogP contribution >= 0.6 is 11.6 Å². The lowest BCUT2D eigenvalue weighted by Gasteiger charge is -2.14.